The molecular weight excluding hydrogens is 216 g/mol. The van der Waals surface area contributed by atoms with E-state index in [1.165, 1.54) is 0 Å². The van der Waals surface area contributed by atoms with Crippen LogP contribution in [0.3, 0.4) is 0 Å². The van der Waals surface area contributed by atoms with Gasteiger partial charge in [0, 0.05) is 6.54 Å². The predicted molar refractivity (Wildman–Crippen MR) is 55.0 cm³/mol. The highest BCUT2D eigenvalue weighted by Crippen LogP contribution is 1.88. The van der Waals surface area contributed by atoms with E-state index in [1.807, 2.05) is 6.92 Å². The highest BCUT2D eigenvalue weighted by atomic mass is 16.4. The molecule has 7 nitrogen and oxygen atoms in total. The molecule has 16 heavy (non-hydrogen) atoms. The summed E-state index contributed by atoms with van der Waals surface area (Å²) in [5, 5.41) is 19.6. The van der Waals surface area contributed by atoms with Crippen LogP contribution in [-0.2, 0) is 14.4 Å². The van der Waals surface area contributed by atoms with Crippen LogP contribution in [0.25, 0.3) is 0 Å². The number of carboxylic acids is 2. The molecule has 0 radical (unpaired) electrons. The SMILES string of the molecule is CCCNC(=O)CN(CC(=O)O)CC(=O)O. The molecule has 0 aliphatic heterocycles. The van der Waals surface area contributed by atoms with Crippen LogP contribution in [0.5, 0.6) is 0 Å². The van der Waals surface area contributed by atoms with Crippen molar-refractivity contribution in [1.29, 1.82) is 0 Å². The van der Waals surface area contributed by atoms with Crippen LogP contribution in [0.4, 0.5) is 0 Å². The van der Waals surface area contributed by atoms with Crippen molar-refractivity contribution in [2.24, 2.45) is 0 Å². The zero-order valence-electron chi connectivity index (χ0n) is 9.10. The molecule has 0 spiro atoms. The summed E-state index contributed by atoms with van der Waals surface area (Å²) in [7, 11) is 0. The van der Waals surface area contributed by atoms with Crippen LogP contribution in [0, 0.1) is 0 Å². The second-order valence-electron chi connectivity index (χ2n) is 3.28. The third-order valence-electron chi connectivity index (χ3n) is 1.66. The molecule has 0 rings (SSSR count). The standard InChI is InChI=1S/C9H16N2O5/c1-2-3-10-7(12)4-11(5-8(13)14)6-9(15)16/h2-6H2,1H3,(H,10,12)(H,13,14)(H,15,16). The fraction of sp³-hybridized carbons (Fsp3) is 0.667. The van der Waals surface area contributed by atoms with Crippen molar-refractivity contribution in [2.45, 2.75) is 13.3 Å². The number of amides is 1. The van der Waals surface area contributed by atoms with E-state index in [9.17, 15) is 14.4 Å². The first-order chi connectivity index (χ1) is 7.45. The third kappa shape index (κ3) is 7.74. The summed E-state index contributed by atoms with van der Waals surface area (Å²) in [6.07, 6.45) is 0.767. The lowest BCUT2D eigenvalue weighted by Gasteiger charge is -2.17. The second kappa shape index (κ2) is 7.63. The lowest BCUT2D eigenvalue weighted by molar-refractivity contribution is -0.142. The molecule has 0 aromatic heterocycles. The molecular formula is C9H16N2O5. The summed E-state index contributed by atoms with van der Waals surface area (Å²) >= 11 is 0. The molecule has 0 aromatic carbocycles. The van der Waals surface area contributed by atoms with E-state index in [1.54, 1.807) is 0 Å². The number of aliphatic carboxylic acids is 2. The second-order valence-corrected chi connectivity index (χ2v) is 3.28. The van der Waals surface area contributed by atoms with Crippen molar-refractivity contribution in [3.8, 4) is 0 Å². The number of nitrogens with zero attached hydrogens (tertiary/aromatic N) is 1. The van der Waals surface area contributed by atoms with Crippen molar-refractivity contribution in [3.63, 3.8) is 0 Å². The molecule has 0 aliphatic rings. The van der Waals surface area contributed by atoms with Gasteiger partial charge in [-0.1, -0.05) is 6.92 Å². The lowest BCUT2D eigenvalue weighted by atomic mass is 10.4. The van der Waals surface area contributed by atoms with Gasteiger partial charge in [-0.3, -0.25) is 19.3 Å². The van der Waals surface area contributed by atoms with Gasteiger partial charge < -0.3 is 15.5 Å². The minimum Gasteiger partial charge on any atom is -0.480 e. The first kappa shape index (κ1) is 14.4. The molecule has 0 saturated heterocycles. The van der Waals surface area contributed by atoms with Gasteiger partial charge in [0.1, 0.15) is 0 Å². The summed E-state index contributed by atoms with van der Waals surface area (Å²) < 4.78 is 0. The largest absolute Gasteiger partial charge is 0.480 e. The summed E-state index contributed by atoms with van der Waals surface area (Å²) in [4.78, 5) is 33.1. The fourth-order valence-electron chi connectivity index (χ4n) is 1.07. The lowest BCUT2D eigenvalue weighted by Crippen LogP contribution is -2.42. The van der Waals surface area contributed by atoms with E-state index < -0.39 is 25.0 Å². The van der Waals surface area contributed by atoms with E-state index in [4.69, 9.17) is 10.2 Å². The Bertz CT molecular complexity index is 251. The number of carboxylic acid groups (broad SMARTS) is 2. The highest BCUT2D eigenvalue weighted by Gasteiger charge is 2.16. The molecule has 0 saturated carbocycles. The first-order valence-corrected chi connectivity index (χ1v) is 4.88. The molecule has 0 bridgehead atoms. The maximum atomic E-state index is 11.2. The zero-order valence-corrected chi connectivity index (χ0v) is 9.10. The average Bonchev–Trinajstić information content (AvgIpc) is 2.12. The molecule has 0 fully saturated rings. The van der Waals surface area contributed by atoms with Gasteiger partial charge in [0.2, 0.25) is 5.91 Å². The molecule has 0 aromatic rings. The minimum absolute atomic E-state index is 0.224. The Hall–Kier alpha value is -1.63. The number of hydrogen-bond donors (Lipinski definition) is 3. The number of nitrogens with one attached hydrogen (secondary N) is 1. The Labute approximate surface area is 93.0 Å². The van der Waals surface area contributed by atoms with Gasteiger partial charge in [0.15, 0.2) is 0 Å². The van der Waals surface area contributed by atoms with Crippen molar-refractivity contribution in [2.75, 3.05) is 26.2 Å². The molecule has 0 atom stereocenters. The van der Waals surface area contributed by atoms with Crippen molar-refractivity contribution in [3.05, 3.63) is 0 Å². The van der Waals surface area contributed by atoms with E-state index in [2.05, 4.69) is 5.32 Å². The van der Waals surface area contributed by atoms with Crippen LogP contribution in [0.1, 0.15) is 13.3 Å². The molecule has 0 aliphatic carbocycles. The van der Waals surface area contributed by atoms with Gasteiger partial charge in [-0.05, 0) is 6.42 Å². The smallest absolute Gasteiger partial charge is 0.317 e. The molecule has 3 N–H and O–H groups in total. The molecule has 7 heteroatoms. The Morgan fingerprint density at radius 1 is 1.06 bits per heavy atom. The van der Waals surface area contributed by atoms with Crippen LogP contribution in [0.15, 0.2) is 0 Å². The summed E-state index contributed by atoms with van der Waals surface area (Å²) in [6, 6.07) is 0. The number of carbonyl (C=O) groups is 3. The van der Waals surface area contributed by atoms with Crippen LogP contribution in [0.2, 0.25) is 0 Å². The monoisotopic (exact) mass is 232 g/mol. The number of hydrogen-bond acceptors (Lipinski definition) is 4. The zero-order chi connectivity index (χ0) is 12.6. The Kier molecular flexibility index (Phi) is 6.86. The fourth-order valence-corrected chi connectivity index (χ4v) is 1.07. The van der Waals surface area contributed by atoms with Crippen molar-refractivity contribution >= 4 is 17.8 Å². The van der Waals surface area contributed by atoms with Gasteiger partial charge in [-0.15, -0.1) is 0 Å². The van der Waals surface area contributed by atoms with Gasteiger partial charge in [0.25, 0.3) is 0 Å². The van der Waals surface area contributed by atoms with Crippen LogP contribution < -0.4 is 5.32 Å². The Morgan fingerprint density at radius 3 is 1.94 bits per heavy atom. The van der Waals surface area contributed by atoms with Gasteiger partial charge >= 0.3 is 11.9 Å². The summed E-state index contributed by atoms with van der Waals surface area (Å²) in [6.45, 7) is 1.22. The summed E-state index contributed by atoms with van der Waals surface area (Å²) in [5.41, 5.74) is 0. The Morgan fingerprint density at radius 2 is 1.56 bits per heavy atom. The maximum absolute atomic E-state index is 11.2. The molecule has 1 amide bonds. The first-order valence-electron chi connectivity index (χ1n) is 4.88. The van der Waals surface area contributed by atoms with Gasteiger partial charge in [-0.2, -0.15) is 0 Å². The minimum atomic E-state index is -1.16. The molecule has 92 valence electrons. The van der Waals surface area contributed by atoms with Gasteiger partial charge in [-0.25, -0.2) is 0 Å². The average molecular weight is 232 g/mol. The summed E-state index contributed by atoms with van der Waals surface area (Å²) in [5.74, 6) is -2.70. The van der Waals surface area contributed by atoms with E-state index in [0.717, 1.165) is 11.3 Å². The number of rotatable bonds is 8. The molecule has 0 heterocycles. The van der Waals surface area contributed by atoms with Crippen molar-refractivity contribution < 1.29 is 24.6 Å². The van der Waals surface area contributed by atoms with Crippen molar-refractivity contribution in [1.82, 2.24) is 10.2 Å². The van der Waals surface area contributed by atoms with E-state index in [0.29, 0.717) is 6.54 Å². The Balaban J connectivity index is 4.13. The topological polar surface area (TPSA) is 107 Å². The quantitative estimate of drug-likeness (QED) is 0.494. The van der Waals surface area contributed by atoms with Crippen LogP contribution in [-0.4, -0.2) is 59.1 Å². The number of carbonyl (C=O) groups excluding carboxylic acids is 1. The predicted octanol–water partition coefficient (Wildman–Crippen LogP) is -1.02. The highest BCUT2D eigenvalue weighted by molar-refractivity contribution is 5.80. The van der Waals surface area contributed by atoms with E-state index >= 15 is 0 Å². The third-order valence-corrected chi connectivity index (χ3v) is 1.66. The van der Waals surface area contributed by atoms with E-state index in [-0.39, 0.29) is 12.5 Å². The maximum Gasteiger partial charge on any atom is 0.317 e. The normalized spacial score (nSPS) is 10.1. The molecule has 0 unspecified atom stereocenters. The van der Waals surface area contributed by atoms with Gasteiger partial charge in [0.05, 0.1) is 19.6 Å². The van der Waals surface area contributed by atoms with Crippen LogP contribution >= 0.6 is 0 Å².